The molecule has 1 rings (SSSR count). The van der Waals surface area contributed by atoms with Gasteiger partial charge < -0.3 is 9.88 Å². The molecule has 0 aliphatic carbocycles. The molecule has 0 bridgehead atoms. The lowest BCUT2D eigenvalue weighted by atomic mass is 10.4. The number of rotatable bonds is 5. The summed E-state index contributed by atoms with van der Waals surface area (Å²) < 4.78 is 1.90. The Bertz CT molecular complexity index is 281. The molecule has 0 saturated carbocycles. The third-order valence-electron chi connectivity index (χ3n) is 1.65. The molecule has 0 fully saturated rings. The highest BCUT2D eigenvalue weighted by Crippen LogP contribution is 1.94. The normalized spacial score (nSPS) is 10.3. The Hall–Kier alpha value is -0.870. The molecule has 0 unspecified atom stereocenters. The number of aryl methyl sites for hydroxylation is 1. The fourth-order valence-electron chi connectivity index (χ4n) is 0.958. The van der Waals surface area contributed by atoms with Gasteiger partial charge in [0.1, 0.15) is 12.2 Å². The van der Waals surface area contributed by atoms with Crippen LogP contribution in [0, 0.1) is 0 Å². The number of aromatic nitrogens is 3. The molecule has 1 heterocycles. The van der Waals surface area contributed by atoms with Crippen molar-refractivity contribution in [3.8, 4) is 0 Å². The Kier molecular flexibility index (Phi) is 3.92. The monoisotopic (exact) mass is 200 g/mol. The van der Waals surface area contributed by atoms with Crippen LogP contribution in [-0.2, 0) is 13.5 Å². The van der Waals surface area contributed by atoms with Gasteiger partial charge in [0, 0.05) is 31.6 Å². The highest BCUT2D eigenvalue weighted by molar-refractivity contribution is 6.29. The Balaban J connectivity index is 2.20. The van der Waals surface area contributed by atoms with Crippen LogP contribution in [0.5, 0.6) is 0 Å². The minimum atomic E-state index is 0.623. The van der Waals surface area contributed by atoms with Gasteiger partial charge >= 0.3 is 0 Å². The van der Waals surface area contributed by atoms with E-state index >= 15 is 0 Å². The first-order valence-electron chi connectivity index (χ1n) is 4.07. The summed E-state index contributed by atoms with van der Waals surface area (Å²) in [5, 5.41) is 11.5. The van der Waals surface area contributed by atoms with E-state index in [0.29, 0.717) is 11.6 Å². The van der Waals surface area contributed by atoms with Crippen LogP contribution in [-0.4, -0.2) is 27.9 Å². The fraction of sp³-hybridized carbons (Fsp3) is 0.500. The molecule has 1 N–H and O–H groups in total. The van der Waals surface area contributed by atoms with E-state index in [1.807, 2.05) is 11.6 Å². The maximum Gasteiger partial charge on any atom is 0.133 e. The van der Waals surface area contributed by atoms with Crippen molar-refractivity contribution in [2.75, 3.05) is 13.1 Å². The minimum absolute atomic E-state index is 0.623. The predicted molar refractivity (Wildman–Crippen MR) is 52.6 cm³/mol. The van der Waals surface area contributed by atoms with E-state index in [1.54, 1.807) is 6.33 Å². The second-order valence-corrected chi connectivity index (χ2v) is 3.34. The number of halogens is 1. The molecule has 0 atom stereocenters. The number of hydrogen-bond acceptors (Lipinski definition) is 3. The first-order valence-corrected chi connectivity index (χ1v) is 4.45. The summed E-state index contributed by atoms with van der Waals surface area (Å²) in [6, 6.07) is 0. The Labute approximate surface area is 82.6 Å². The minimum Gasteiger partial charge on any atom is -0.321 e. The molecule has 0 aliphatic rings. The third-order valence-corrected chi connectivity index (χ3v) is 1.78. The van der Waals surface area contributed by atoms with Gasteiger partial charge in [-0.25, -0.2) is 0 Å². The fourth-order valence-corrected chi connectivity index (χ4v) is 1.05. The SMILES string of the molecule is C=C(Cl)CNCCc1nncn1C. The standard InChI is InChI=1S/C8H13ClN4/c1-7(9)5-10-4-3-8-12-11-6-13(8)2/h6,10H,1,3-5H2,2H3. The molecule has 4 nitrogen and oxygen atoms in total. The van der Waals surface area contributed by atoms with E-state index in [4.69, 9.17) is 11.6 Å². The van der Waals surface area contributed by atoms with Crippen LogP contribution in [0.2, 0.25) is 0 Å². The lowest BCUT2D eigenvalue weighted by Crippen LogP contribution is -2.19. The predicted octanol–water partition coefficient (Wildman–Crippen LogP) is 0.700. The van der Waals surface area contributed by atoms with E-state index in [0.717, 1.165) is 18.8 Å². The van der Waals surface area contributed by atoms with Gasteiger partial charge in [-0.15, -0.1) is 10.2 Å². The van der Waals surface area contributed by atoms with Gasteiger partial charge in [-0.3, -0.25) is 0 Å². The van der Waals surface area contributed by atoms with Crippen molar-refractivity contribution in [3.63, 3.8) is 0 Å². The van der Waals surface area contributed by atoms with E-state index in [-0.39, 0.29) is 0 Å². The van der Waals surface area contributed by atoms with E-state index in [9.17, 15) is 0 Å². The van der Waals surface area contributed by atoms with Crippen LogP contribution >= 0.6 is 11.6 Å². The maximum absolute atomic E-state index is 5.58. The van der Waals surface area contributed by atoms with Gasteiger partial charge in [-0.1, -0.05) is 18.2 Å². The van der Waals surface area contributed by atoms with Crippen LogP contribution in [0.4, 0.5) is 0 Å². The van der Waals surface area contributed by atoms with Crippen LogP contribution in [0.1, 0.15) is 5.82 Å². The molecular formula is C8H13ClN4. The van der Waals surface area contributed by atoms with Crippen molar-refractivity contribution < 1.29 is 0 Å². The smallest absolute Gasteiger partial charge is 0.133 e. The van der Waals surface area contributed by atoms with Gasteiger partial charge in [0.05, 0.1) is 0 Å². The van der Waals surface area contributed by atoms with Crippen molar-refractivity contribution >= 4 is 11.6 Å². The van der Waals surface area contributed by atoms with Crippen molar-refractivity contribution in [2.45, 2.75) is 6.42 Å². The third kappa shape index (κ3) is 3.57. The second kappa shape index (κ2) is 4.99. The first kappa shape index (κ1) is 10.2. The van der Waals surface area contributed by atoms with E-state index in [1.165, 1.54) is 0 Å². The summed E-state index contributed by atoms with van der Waals surface area (Å²) in [4.78, 5) is 0. The zero-order valence-electron chi connectivity index (χ0n) is 7.63. The molecule has 0 aromatic carbocycles. The van der Waals surface area contributed by atoms with E-state index < -0.39 is 0 Å². The molecule has 0 radical (unpaired) electrons. The van der Waals surface area contributed by atoms with Gasteiger partial charge in [-0.05, 0) is 0 Å². The molecule has 5 heteroatoms. The summed E-state index contributed by atoms with van der Waals surface area (Å²) in [6.07, 6.45) is 2.54. The Morgan fingerprint density at radius 3 is 3.08 bits per heavy atom. The molecule has 72 valence electrons. The molecule has 0 aliphatic heterocycles. The van der Waals surface area contributed by atoms with Crippen molar-refractivity contribution in [1.29, 1.82) is 0 Å². The van der Waals surface area contributed by atoms with E-state index in [2.05, 4.69) is 22.1 Å². The molecule has 0 spiro atoms. The summed E-state index contributed by atoms with van der Waals surface area (Å²) in [5.41, 5.74) is 0. The van der Waals surface area contributed by atoms with Gasteiger partial charge in [0.25, 0.3) is 0 Å². The number of hydrogen-bond donors (Lipinski definition) is 1. The van der Waals surface area contributed by atoms with Crippen LogP contribution < -0.4 is 5.32 Å². The highest BCUT2D eigenvalue weighted by Gasteiger charge is 1.98. The molecule has 13 heavy (non-hydrogen) atoms. The summed E-state index contributed by atoms with van der Waals surface area (Å²) in [6.45, 7) is 5.05. The van der Waals surface area contributed by atoms with Gasteiger partial charge in [0.2, 0.25) is 0 Å². The van der Waals surface area contributed by atoms with Crippen LogP contribution in [0.25, 0.3) is 0 Å². The lowest BCUT2D eigenvalue weighted by Gasteiger charge is -2.02. The van der Waals surface area contributed by atoms with Crippen LogP contribution in [0.3, 0.4) is 0 Å². The quantitative estimate of drug-likeness (QED) is 0.712. The van der Waals surface area contributed by atoms with Gasteiger partial charge in [0.15, 0.2) is 0 Å². The molecule has 1 aromatic rings. The summed E-state index contributed by atoms with van der Waals surface area (Å²) in [5.74, 6) is 0.965. The summed E-state index contributed by atoms with van der Waals surface area (Å²) >= 11 is 5.58. The molecule has 0 saturated heterocycles. The first-order chi connectivity index (χ1) is 6.20. The maximum atomic E-state index is 5.58. The lowest BCUT2D eigenvalue weighted by molar-refractivity contribution is 0.689. The Morgan fingerprint density at radius 1 is 1.77 bits per heavy atom. The number of nitrogens with one attached hydrogen (secondary N) is 1. The Morgan fingerprint density at radius 2 is 2.54 bits per heavy atom. The van der Waals surface area contributed by atoms with Crippen molar-refractivity contribution in [3.05, 3.63) is 23.8 Å². The average Bonchev–Trinajstić information content (AvgIpc) is 2.45. The van der Waals surface area contributed by atoms with Gasteiger partial charge in [-0.2, -0.15) is 0 Å². The molecule has 1 aromatic heterocycles. The molecular weight excluding hydrogens is 188 g/mol. The molecule has 0 amide bonds. The topological polar surface area (TPSA) is 42.7 Å². The largest absolute Gasteiger partial charge is 0.321 e. The van der Waals surface area contributed by atoms with Crippen molar-refractivity contribution in [1.82, 2.24) is 20.1 Å². The zero-order chi connectivity index (χ0) is 9.68. The zero-order valence-corrected chi connectivity index (χ0v) is 8.38. The average molecular weight is 201 g/mol. The second-order valence-electron chi connectivity index (χ2n) is 2.80. The van der Waals surface area contributed by atoms with Crippen molar-refractivity contribution in [2.24, 2.45) is 7.05 Å². The van der Waals surface area contributed by atoms with Crippen LogP contribution in [0.15, 0.2) is 17.9 Å². The highest BCUT2D eigenvalue weighted by atomic mass is 35.5. The summed E-state index contributed by atoms with van der Waals surface area (Å²) in [7, 11) is 1.93. The number of nitrogens with zero attached hydrogens (tertiary/aromatic N) is 3.